The number of carbonyl (C=O) groups excluding carboxylic acids is 1. The number of likely N-dealkylation sites (tertiary alicyclic amines) is 1. The lowest BCUT2D eigenvalue weighted by molar-refractivity contribution is 0.0606. The number of carbonyl (C=O) groups is 1. The summed E-state index contributed by atoms with van der Waals surface area (Å²) in [6.07, 6.45) is 5.83. The first-order valence-corrected chi connectivity index (χ1v) is 7.83. The molecule has 3 rings (SSSR count). The Morgan fingerprint density at radius 3 is 2.90 bits per heavy atom. The van der Waals surface area contributed by atoms with E-state index in [4.69, 9.17) is 4.74 Å². The summed E-state index contributed by atoms with van der Waals surface area (Å²) in [6.45, 7) is 2.97. The number of rotatable bonds is 4. The lowest BCUT2D eigenvalue weighted by Gasteiger charge is -2.31. The van der Waals surface area contributed by atoms with Gasteiger partial charge in [0, 0.05) is 30.7 Å². The molecule has 2 aromatic rings. The van der Waals surface area contributed by atoms with Gasteiger partial charge in [0.25, 0.3) is 0 Å². The van der Waals surface area contributed by atoms with Gasteiger partial charge in [0.2, 0.25) is 0 Å². The van der Waals surface area contributed by atoms with E-state index >= 15 is 0 Å². The average Bonchev–Trinajstić information content (AvgIpc) is 3.18. The summed E-state index contributed by atoms with van der Waals surface area (Å²) in [5.74, 6) is -0.254. The number of methoxy groups -OCH3 is 1. The van der Waals surface area contributed by atoms with Crippen molar-refractivity contribution in [1.82, 2.24) is 19.9 Å². The largest absolute Gasteiger partial charge is 0.465 e. The highest BCUT2D eigenvalue weighted by atomic mass is 32.1. The van der Waals surface area contributed by atoms with Gasteiger partial charge in [-0.2, -0.15) is 0 Å². The van der Waals surface area contributed by atoms with Crippen molar-refractivity contribution in [2.24, 2.45) is 0 Å². The third kappa shape index (κ3) is 3.30. The Bertz CT molecular complexity index is 588. The molecule has 0 bridgehead atoms. The molecule has 1 fully saturated rings. The highest BCUT2D eigenvalue weighted by molar-refractivity contribution is 7.13. The number of thiophene rings is 1. The van der Waals surface area contributed by atoms with E-state index in [0.717, 1.165) is 32.5 Å². The van der Waals surface area contributed by atoms with Crippen LogP contribution in [-0.4, -0.2) is 46.1 Å². The van der Waals surface area contributed by atoms with Gasteiger partial charge < -0.3 is 4.74 Å². The molecular weight excluding hydrogens is 288 g/mol. The zero-order valence-electron chi connectivity index (χ0n) is 11.9. The summed E-state index contributed by atoms with van der Waals surface area (Å²) >= 11 is 1.51. The van der Waals surface area contributed by atoms with Crippen LogP contribution in [0.5, 0.6) is 0 Å². The van der Waals surface area contributed by atoms with Crippen molar-refractivity contribution in [2.45, 2.75) is 25.4 Å². The van der Waals surface area contributed by atoms with Crippen molar-refractivity contribution >= 4 is 17.3 Å². The van der Waals surface area contributed by atoms with E-state index in [1.54, 1.807) is 6.20 Å². The van der Waals surface area contributed by atoms with E-state index in [2.05, 4.69) is 15.2 Å². The van der Waals surface area contributed by atoms with Gasteiger partial charge >= 0.3 is 5.97 Å². The third-order valence-electron chi connectivity index (χ3n) is 3.80. The summed E-state index contributed by atoms with van der Waals surface area (Å²) in [4.78, 5) is 15.7. The molecule has 2 aromatic heterocycles. The van der Waals surface area contributed by atoms with Crippen molar-refractivity contribution in [3.63, 3.8) is 0 Å². The fourth-order valence-electron chi connectivity index (χ4n) is 2.65. The lowest BCUT2D eigenvalue weighted by atomic mass is 10.1. The Morgan fingerprint density at radius 2 is 2.24 bits per heavy atom. The van der Waals surface area contributed by atoms with Crippen molar-refractivity contribution in [3.8, 4) is 0 Å². The van der Waals surface area contributed by atoms with Crippen molar-refractivity contribution in [1.29, 1.82) is 0 Å². The molecule has 0 amide bonds. The molecular formula is C14H18N4O2S. The van der Waals surface area contributed by atoms with Gasteiger partial charge in [-0.15, -0.1) is 16.4 Å². The van der Waals surface area contributed by atoms with Crippen molar-refractivity contribution < 1.29 is 9.53 Å². The number of hydrogen-bond donors (Lipinski definition) is 0. The lowest BCUT2D eigenvalue weighted by Crippen LogP contribution is -2.34. The molecule has 1 aliphatic heterocycles. The molecule has 0 radical (unpaired) electrons. The van der Waals surface area contributed by atoms with Crippen LogP contribution in [0.25, 0.3) is 0 Å². The van der Waals surface area contributed by atoms with Gasteiger partial charge in [-0.1, -0.05) is 5.21 Å². The summed E-state index contributed by atoms with van der Waals surface area (Å²) in [5, 5.41) is 7.95. The van der Waals surface area contributed by atoms with Crippen LogP contribution in [0.4, 0.5) is 0 Å². The first-order valence-electron chi connectivity index (χ1n) is 7.01. The molecule has 1 saturated heterocycles. The molecule has 7 heteroatoms. The number of piperidine rings is 1. The molecule has 0 aromatic carbocycles. The molecule has 3 heterocycles. The van der Waals surface area contributed by atoms with E-state index in [-0.39, 0.29) is 5.97 Å². The summed E-state index contributed by atoms with van der Waals surface area (Å²) < 4.78 is 6.69. The molecule has 0 atom stereocenters. The summed E-state index contributed by atoms with van der Waals surface area (Å²) in [5.41, 5.74) is 0. The number of esters is 1. The zero-order chi connectivity index (χ0) is 14.7. The molecule has 6 nitrogen and oxygen atoms in total. The van der Waals surface area contributed by atoms with Crippen LogP contribution in [0.3, 0.4) is 0 Å². The minimum Gasteiger partial charge on any atom is -0.465 e. The van der Waals surface area contributed by atoms with Gasteiger partial charge in [0.15, 0.2) is 0 Å². The minimum atomic E-state index is -0.254. The smallest absolute Gasteiger partial charge is 0.348 e. The van der Waals surface area contributed by atoms with E-state index in [9.17, 15) is 4.79 Å². The SMILES string of the molecule is COC(=O)c1ccc(CN2CCC(n3ccnn3)CC2)s1. The predicted octanol–water partition coefficient (Wildman–Crippen LogP) is 1.96. The molecule has 0 aliphatic carbocycles. The summed E-state index contributed by atoms with van der Waals surface area (Å²) in [7, 11) is 1.41. The number of ether oxygens (including phenoxy) is 1. The van der Waals surface area contributed by atoms with E-state index in [1.807, 2.05) is 23.0 Å². The second kappa shape index (κ2) is 6.36. The Kier molecular flexibility index (Phi) is 4.31. The van der Waals surface area contributed by atoms with Crippen LogP contribution in [0.2, 0.25) is 0 Å². The minimum absolute atomic E-state index is 0.254. The maximum atomic E-state index is 11.5. The molecule has 0 saturated carbocycles. The molecule has 0 N–H and O–H groups in total. The maximum Gasteiger partial charge on any atom is 0.348 e. The molecule has 0 spiro atoms. The fraction of sp³-hybridized carbons (Fsp3) is 0.500. The Labute approximate surface area is 127 Å². The zero-order valence-corrected chi connectivity index (χ0v) is 12.8. The topological polar surface area (TPSA) is 60.2 Å². The quantitative estimate of drug-likeness (QED) is 0.808. The Morgan fingerprint density at radius 1 is 1.43 bits per heavy atom. The number of aromatic nitrogens is 3. The van der Waals surface area contributed by atoms with Crippen molar-refractivity contribution in [3.05, 3.63) is 34.3 Å². The second-order valence-electron chi connectivity index (χ2n) is 5.15. The van der Waals surface area contributed by atoms with Crippen LogP contribution in [0.15, 0.2) is 24.5 Å². The maximum absolute atomic E-state index is 11.5. The van der Waals surface area contributed by atoms with E-state index in [0.29, 0.717) is 10.9 Å². The number of nitrogens with zero attached hydrogens (tertiary/aromatic N) is 4. The Hall–Kier alpha value is -1.73. The summed E-state index contributed by atoms with van der Waals surface area (Å²) in [6, 6.07) is 4.31. The van der Waals surface area contributed by atoms with Crippen LogP contribution in [-0.2, 0) is 11.3 Å². The predicted molar refractivity (Wildman–Crippen MR) is 79.2 cm³/mol. The molecule has 0 unspecified atom stereocenters. The average molecular weight is 306 g/mol. The third-order valence-corrected chi connectivity index (χ3v) is 4.85. The van der Waals surface area contributed by atoms with E-state index in [1.165, 1.54) is 23.3 Å². The fourth-order valence-corrected chi connectivity index (χ4v) is 3.62. The van der Waals surface area contributed by atoms with Gasteiger partial charge in [0.05, 0.1) is 19.3 Å². The first-order chi connectivity index (χ1) is 10.3. The standard InChI is InChI=1S/C14H18N4O2S/c1-20-14(19)13-3-2-12(21-13)10-17-7-4-11(5-8-17)18-9-6-15-16-18/h2-3,6,9,11H,4-5,7-8,10H2,1H3. The highest BCUT2D eigenvalue weighted by Crippen LogP contribution is 2.25. The van der Waals surface area contributed by atoms with Gasteiger partial charge in [-0.05, 0) is 25.0 Å². The molecule has 1 aliphatic rings. The van der Waals surface area contributed by atoms with Crippen molar-refractivity contribution in [2.75, 3.05) is 20.2 Å². The van der Waals surface area contributed by atoms with E-state index < -0.39 is 0 Å². The van der Waals surface area contributed by atoms with Gasteiger partial charge in [-0.25, -0.2) is 9.48 Å². The van der Waals surface area contributed by atoms with Gasteiger partial charge in [0.1, 0.15) is 4.88 Å². The van der Waals surface area contributed by atoms with Crippen LogP contribution >= 0.6 is 11.3 Å². The molecule has 21 heavy (non-hydrogen) atoms. The number of hydrogen-bond acceptors (Lipinski definition) is 6. The monoisotopic (exact) mass is 306 g/mol. The Balaban J connectivity index is 1.53. The van der Waals surface area contributed by atoms with Gasteiger partial charge in [-0.3, -0.25) is 4.90 Å². The van der Waals surface area contributed by atoms with Crippen LogP contribution in [0.1, 0.15) is 33.4 Å². The second-order valence-corrected chi connectivity index (χ2v) is 6.32. The van der Waals surface area contributed by atoms with Crippen LogP contribution < -0.4 is 0 Å². The normalized spacial score (nSPS) is 17.0. The molecule has 112 valence electrons. The van der Waals surface area contributed by atoms with Crippen LogP contribution in [0, 0.1) is 0 Å². The highest BCUT2D eigenvalue weighted by Gasteiger charge is 2.21. The first kappa shape index (κ1) is 14.2.